The van der Waals surface area contributed by atoms with Gasteiger partial charge >= 0.3 is 5.97 Å². The number of amides is 2. The van der Waals surface area contributed by atoms with E-state index >= 15 is 0 Å². The lowest BCUT2D eigenvalue weighted by Crippen LogP contribution is -2.28. The lowest BCUT2D eigenvalue weighted by Gasteiger charge is -2.14. The SMILES string of the molecule is O=C(COC(=O)[C@@H]1CC(=O)N(Cc2ccco2)C1)Nc1ccc(Oc2ccccc2)cc1. The molecule has 1 aromatic heterocycles. The Morgan fingerprint density at radius 3 is 2.47 bits per heavy atom. The van der Waals surface area contributed by atoms with Gasteiger partial charge in [-0.25, -0.2) is 0 Å². The summed E-state index contributed by atoms with van der Waals surface area (Å²) < 4.78 is 16.1. The van der Waals surface area contributed by atoms with Crippen molar-refractivity contribution in [2.24, 2.45) is 5.92 Å². The molecular weight excluding hydrogens is 412 g/mol. The number of nitrogens with zero attached hydrogens (tertiary/aromatic N) is 1. The van der Waals surface area contributed by atoms with Crippen molar-refractivity contribution < 1.29 is 28.3 Å². The summed E-state index contributed by atoms with van der Waals surface area (Å²) >= 11 is 0. The second-order valence-corrected chi connectivity index (χ2v) is 7.35. The highest BCUT2D eigenvalue weighted by Gasteiger charge is 2.35. The van der Waals surface area contributed by atoms with E-state index in [1.165, 1.54) is 6.26 Å². The van der Waals surface area contributed by atoms with Gasteiger partial charge in [-0.1, -0.05) is 18.2 Å². The van der Waals surface area contributed by atoms with Crippen molar-refractivity contribution in [1.82, 2.24) is 4.90 Å². The van der Waals surface area contributed by atoms with Crippen LogP contribution in [0.3, 0.4) is 0 Å². The molecule has 1 aliphatic rings. The van der Waals surface area contributed by atoms with E-state index in [1.54, 1.807) is 41.3 Å². The maximum absolute atomic E-state index is 12.3. The number of carbonyl (C=O) groups is 3. The normalized spacial score (nSPS) is 15.4. The first-order chi connectivity index (χ1) is 15.6. The summed E-state index contributed by atoms with van der Waals surface area (Å²) in [6.45, 7) is 0.118. The van der Waals surface area contributed by atoms with Crippen LogP contribution in [0.15, 0.2) is 77.4 Å². The molecule has 164 valence electrons. The third-order valence-corrected chi connectivity index (χ3v) is 4.94. The molecule has 0 saturated carbocycles. The van der Waals surface area contributed by atoms with Crippen molar-refractivity contribution in [3.05, 3.63) is 78.8 Å². The van der Waals surface area contributed by atoms with Crippen LogP contribution in [0, 0.1) is 5.92 Å². The summed E-state index contributed by atoms with van der Waals surface area (Å²) in [4.78, 5) is 38.1. The number of hydrogen-bond acceptors (Lipinski definition) is 6. The van der Waals surface area contributed by atoms with Crippen LogP contribution in [-0.2, 0) is 25.7 Å². The van der Waals surface area contributed by atoms with Crippen LogP contribution in [0.2, 0.25) is 0 Å². The van der Waals surface area contributed by atoms with E-state index < -0.39 is 24.4 Å². The van der Waals surface area contributed by atoms with Crippen molar-refractivity contribution in [1.29, 1.82) is 0 Å². The zero-order chi connectivity index (χ0) is 22.3. The van der Waals surface area contributed by atoms with Crippen molar-refractivity contribution in [2.75, 3.05) is 18.5 Å². The van der Waals surface area contributed by atoms with E-state index in [2.05, 4.69) is 5.32 Å². The molecule has 1 atom stereocenters. The van der Waals surface area contributed by atoms with Gasteiger partial charge in [-0.3, -0.25) is 14.4 Å². The Bertz CT molecular complexity index is 1060. The number of rotatable bonds is 8. The first-order valence-corrected chi connectivity index (χ1v) is 10.2. The standard InChI is InChI=1S/C24H22N2O6/c27-22(25-18-8-10-20(11-9-18)32-19-5-2-1-3-6-19)16-31-24(29)17-13-23(28)26(14-17)15-21-7-4-12-30-21/h1-12,17H,13-16H2,(H,25,27)/t17-/m1/s1. The third kappa shape index (κ3) is 5.54. The number of esters is 1. The van der Waals surface area contributed by atoms with Crippen LogP contribution in [0.25, 0.3) is 0 Å². The first-order valence-electron chi connectivity index (χ1n) is 10.2. The predicted octanol–water partition coefficient (Wildman–Crippen LogP) is 3.60. The molecule has 8 nitrogen and oxygen atoms in total. The van der Waals surface area contributed by atoms with Crippen LogP contribution in [0.4, 0.5) is 5.69 Å². The van der Waals surface area contributed by atoms with Crippen LogP contribution >= 0.6 is 0 Å². The van der Waals surface area contributed by atoms with Crippen LogP contribution < -0.4 is 10.1 Å². The van der Waals surface area contributed by atoms with E-state index in [0.717, 1.165) is 0 Å². The predicted molar refractivity (Wildman–Crippen MR) is 115 cm³/mol. The highest BCUT2D eigenvalue weighted by molar-refractivity contribution is 5.93. The number of para-hydroxylation sites is 1. The molecule has 32 heavy (non-hydrogen) atoms. The molecule has 0 radical (unpaired) electrons. The van der Waals surface area contributed by atoms with E-state index in [-0.39, 0.29) is 18.9 Å². The fraction of sp³-hybridized carbons (Fsp3) is 0.208. The zero-order valence-electron chi connectivity index (χ0n) is 17.2. The number of furan rings is 1. The van der Waals surface area contributed by atoms with Crippen LogP contribution in [-0.4, -0.2) is 35.8 Å². The Labute approximate surface area is 184 Å². The number of benzene rings is 2. The van der Waals surface area contributed by atoms with Gasteiger partial charge in [-0.2, -0.15) is 0 Å². The van der Waals surface area contributed by atoms with E-state index in [0.29, 0.717) is 29.5 Å². The number of anilines is 1. The average Bonchev–Trinajstić information content (AvgIpc) is 3.44. The van der Waals surface area contributed by atoms with Gasteiger partial charge in [0.2, 0.25) is 5.91 Å². The Morgan fingerprint density at radius 2 is 1.75 bits per heavy atom. The molecule has 0 aliphatic carbocycles. The molecule has 8 heteroatoms. The smallest absolute Gasteiger partial charge is 0.311 e. The highest BCUT2D eigenvalue weighted by atomic mass is 16.5. The molecular formula is C24H22N2O6. The highest BCUT2D eigenvalue weighted by Crippen LogP contribution is 2.23. The minimum Gasteiger partial charge on any atom is -0.467 e. The fourth-order valence-electron chi connectivity index (χ4n) is 3.36. The molecule has 0 spiro atoms. The molecule has 3 aromatic rings. The van der Waals surface area contributed by atoms with Crippen molar-refractivity contribution in [2.45, 2.75) is 13.0 Å². The molecule has 1 aliphatic heterocycles. The molecule has 2 aromatic carbocycles. The average molecular weight is 434 g/mol. The van der Waals surface area contributed by atoms with E-state index in [1.807, 2.05) is 30.3 Å². The Morgan fingerprint density at radius 1 is 1.00 bits per heavy atom. The molecule has 2 heterocycles. The number of nitrogens with one attached hydrogen (secondary N) is 1. The minimum atomic E-state index is -0.598. The van der Waals surface area contributed by atoms with E-state index in [9.17, 15) is 14.4 Å². The van der Waals surface area contributed by atoms with Gasteiger partial charge in [-0.15, -0.1) is 0 Å². The second kappa shape index (κ2) is 9.82. The summed E-state index contributed by atoms with van der Waals surface area (Å²) in [6, 6.07) is 19.7. The first kappa shape index (κ1) is 21.2. The van der Waals surface area contributed by atoms with Gasteiger partial charge < -0.3 is 24.1 Å². The number of hydrogen-bond donors (Lipinski definition) is 1. The summed E-state index contributed by atoms with van der Waals surface area (Å²) in [5, 5.41) is 2.66. The number of carbonyl (C=O) groups excluding carboxylic acids is 3. The molecule has 0 bridgehead atoms. The maximum Gasteiger partial charge on any atom is 0.311 e. The van der Waals surface area contributed by atoms with Crippen molar-refractivity contribution in [3.8, 4) is 11.5 Å². The minimum absolute atomic E-state index is 0.0596. The van der Waals surface area contributed by atoms with Crippen LogP contribution in [0.5, 0.6) is 11.5 Å². The molecule has 1 fully saturated rings. The number of ether oxygens (including phenoxy) is 2. The monoisotopic (exact) mass is 434 g/mol. The lowest BCUT2D eigenvalue weighted by molar-refractivity contribution is -0.151. The molecule has 0 unspecified atom stereocenters. The lowest BCUT2D eigenvalue weighted by atomic mass is 10.1. The van der Waals surface area contributed by atoms with Crippen LogP contribution in [0.1, 0.15) is 12.2 Å². The van der Waals surface area contributed by atoms with Gasteiger partial charge in [0, 0.05) is 18.7 Å². The quantitative estimate of drug-likeness (QED) is 0.544. The summed E-state index contributed by atoms with van der Waals surface area (Å²) in [5.41, 5.74) is 0.548. The fourth-order valence-corrected chi connectivity index (χ4v) is 3.36. The summed E-state index contributed by atoms with van der Waals surface area (Å²) in [6.07, 6.45) is 1.59. The summed E-state index contributed by atoms with van der Waals surface area (Å²) in [5.74, 6) is 0.209. The van der Waals surface area contributed by atoms with Gasteiger partial charge in [0.05, 0.1) is 18.7 Å². The Balaban J connectivity index is 1.21. The Hall–Kier alpha value is -4.07. The molecule has 1 saturated heterocycles. The van der Waals surface area contributed by atoms with Crippen molar-refractivity contribution in [3.63, 3.8) is 0 Å². The van der Waals surface area contributed by atoms with Gasteiger partial charge in [0.1, 0.15) is 17.3 Å². The molecule has 2 amide bonds. The van der Waals surface area contributed by atoms with Crippen molar-refractivity contribution >= 4 is 23.5 Å². The largest absolute Gasteiger partial charge is 0.467 e. The molecule has 1 N–H and O–H groups in total. The van der Waals surface area contributed by atoms with Gasteiger partial charge in [-0.05, 0) is 48.5 Å². The zero-order valence-corrected chi connectivity index (χ0v) is 17.2. The third-order valence-electron chi connectivity index (χ3n) is 4.94. The maximum atomic E-state index is 12.3. The van der Waals surface area contributed by atoms with Gasteiger partial charge in [0.15, 0.2) is 6.61 Å². The molecule has 4 rings (SSSR count). The van der Waals surface area contributed by atoms with E-state index in [4.69, 9.17) is 13.9 Å². The Kier molecular flexibility index (Phi) is 6.50. The second-order valence-electron chi connectivity index (χ2n) is 7.35. The summed E-state index contributed by atoms with van der Waals surface area (Å²) in [7, 11) is 0. The number of likely N-dealkylation sites (tertiary alicyclic amines) is 1. The topological polar surface area (TPSA) is 98.1 Å². The van der Waals surface area contributed by atoms with Gasteiger partial charge in [0.25, 0.3) is 5.91 Å².